The third kappa shape index (κ3) is 3.11. The molecule has 0 aliphatic rings. The standard InChI is InChI=1S/C13H15ClN4/c1-3-15-13-16-7-6-12(18-13)17-11-5-4-10(14)8-9(11)2/h4-8H,3H2,1-2H3,(H2,15,16,17,18). The maximum Gasteiger partial charge on any atom is 0.224 e. The van der Waals surface area contributed by atoms with Crippen molar-refractivity contribution in [2.45, 2.75) is 13.8 Å². The highest BCUT2D eigenvalue weighted by molar-refractivity contribution is 6.30. The van der Waals surface area contributed by atoms with Gasteiger partial charge in [-0.1, -0.05) is 11.6 Å². The van der Waals surface area contributed by atoms with E-state index in [0.717, 1.165) is 28.6 Å². The van der Waals surface area contributed by atoms with E-state index in [4.69, 9.17) is 11.6 Å². The van der Waals surface area contributed by atoms with Crippen LogP contribution in [0.5, 0.6) is 0 Å². The molecule has 0 fully saturated rings. The van der Waals surface area contributed by atoms with Gasteiger partial charge in [-0.05, 0) is 43.7 Å². The molecule has 1 heterocycles. The summed E-state index contributed by atoms with van der Waals surface area (Å²) in [5, 5.41) is 7.05. The molecule has 0 atom stereocenters. The van der Waals surface area contributed by atoms with Crippen molar-refractivity contribution in [1.29, 1.82) is 0 Å². The minimum atomic E-state index is 0.620. The Hall–Kier alpha value is -1.81. The second-order valence-corrected chi connectivity index (χ2v) is 4.32. The van der Waals surface area contributed by atoms with Crippen LogP contribution in [-0.2, 0) is 0 Å². The predicted molar refractivity (Wildman–Crippen MR) is 75.7 cm³/mol. The Morgan fingerprint density at radius 1 is 1.28 bits per heavy atom. The van der Waals surface area contributed by atoms with E-state index in [1.807, 2.05) is 38.1 Å². The van der Waals surface area contributed by atoms with Crippen molar-refractivity contribution < 1.29 is 0 Å². The third-order valence-corrected chi connectivity index (χ3v) is 2.68. The van der Waals surface area contributed by atoms with Crippen LogP contribution in [-0.4, -0.2) is 16.5 Å². The number of nitrogens with one attached hydrogen (secondary N) is 2. The molecule has 2 N–H and O–H groups in total. The third-order valence-electron chi connectivity index (χ3n) is 2.44. The van der Waals surface area contributed by atoms with E-state index in [9.17, 15) is 0 Å². The first-order valence-electron chi connectivity index (χ1n) is 5.79. The molecule has 5 heteroatoms. The Balaban J connectivity index is 2.20. The molecule has 0 bridgehead atoms. The Bertz CT molecular complexity index is 542. The Morgan fingerprint density at radius 2 is 2.11 bits per heavy atom. The van der Waals surface area contributed by atoms with Crippen molar-refractivity contribution in [1.82, 2.24) is 9.97 Å². The van der Waals surface area contributed by atoms with Gasteiger partial charge in [-0.15, -0.1) is 0 Å². The topological polar surface area (TPSA) is 49.8 Å². The number of nitrogens with zero attached hydrogens (tertiary/aromatic N) is 2. The average Bonchev–Trinajstić information content (AvgIpc) is 2.34. The first-order chi connectivity index (χ1) is 8.69. The van der Waals surface area contributed by atoms with Crippen LogP contribution in [0.4, 0.5) is 17.5 Å². The molecule has 0 saturated heterocycles. The number of aryl methyl sites for hydroxylation is 1. The molecule has 0 radical (unpaired) electrons. The monoisotopic (exact) mass is 262 g/mol. The maximum atomic E-state index is 5.92. The lowest BCUT2D eigenvalue weighted by Crippen LogP contribution is -2.04. The molecule has 0 amide bonds. The summed E-state index contributed by atoms with van der Waals surface area (Å²) in [4.78, 5) is 8.48. The van der Waals surface area contributed by atoms with Gasteiger partial charge in [0.1, 0.15) is 5.82 Å². The number of halogens is 1. The molecule has 2 aromatic rings. The highest BCUT2D eigenvalue weighted by Gasteiger charge is 2.02. The minimum absolute atomic E-state index is 0.620. The van der Waals surface area contributed by atoms with Crippen molar-refractivity contribution in [3.8, 4) is 0 Å². The van der Waals surface area contributed by atoms with E-state index in [1.54, 1.807) is 6.20 Å². The van der Waals surface area contributed by atoms with E-state index in [2.05, 4.69) is 20.6 Å². The summed E-state index contributed by atoms with van der Waals surface area (Å²) in [6.07, 6.45) is 1.72. The quantitative estimate of drug-likeness (QED) is 0.884. The van der Waals surface area contributed by atoms with Gasteiger partial charge in [0.05, 0.1) is 0 Å². The number of aromatic nitrogens is 2. The van der Waals surface area contributed by atoms with Crippen molar-refractivity contribution in [3.05, 3.63) is 41.0 Å². The van der Waals surface area contributed by atoms with Crippen molar-refractivity contribution in [3.63, 3.8) is 0 Å². The van der Waals surface area contributed by atoms with Crippen LogP contribution in [0.15, 0.2) is 30.5 Å². The van der Waals surface area contributed by atoms with E-state index >= 15 is 0 Å². The highest BCUT2D eigenvalue weighted by Crippen LogP contribution is 2.22. The predicted octanol–water partition coefficient (Wildman–Crippen LogP) is 3.61. The lowest BCUT2D eigenvalue weighted by molar-refractivity contribution is 1.09. The summed E-state index contributed by atoms with van der Waals surface area (Å²) >= 11 is 5.92. The Morgan fingerprint density at radius 3 is 2.83 bits per heavy atom. The second kappa shape index (κ2) is 5.69. The molecule has 0 unspecified atom stereocenters. The number of rotatable bonds is 4. The van der Waals surface area contributed by atoms with Gasteiger partial charge < -0.3 is 10.6 Å². The van der Waals surface area contributed by atoms with Crippen LogP contribution in [0.2, 0.25) is 5.02 Å². The van der Waals surface area contributed by atoms with Crippen molar-refractivity contribution in [2.24, 2.45) is 0 Å². The molecule has 0 aliphatic carbocycles. The Labute approximate surface area is 111 Å². The van der Waals surface area contributed by atoms with Crippen LogP contribution in [0.25, 0.3) is 0 Å². The first kappa shape index (κ1) is 12.6. The summed E-state index contributed by atoms with van der Waals surface area (Å²) in [5.74, 6) is 1.38. The summed E-state index contributed by atoms with van der Waals surface area (Å²) in [5.41, 5.74) is 2.06. The summed E-state index contributed by atoms with van der Waals surface area (Å²) in [6, 6.07) is 7.53. The number of hydrogen-bond acceptors (Lipinski definition) is 4. The smallest absolute Gasteiger partial charge is 0.224 e. The molecule has 18 heavy (non-hydrogen) atoms. The molecular formula is C13H15ClN4. The average molecular weight is 263 g/mol. The number of hydrogen-bond donors (Lipinski definition) is 2. The molecule has 2 rings (SSSR count). The van der Waals surface area contributed by atoms with Crippen molar-refractivity contribution >= 4 is 29.1 Å². The zero-order valence-electron chi connectivity index (χ0n) is 10.4. The van der Waals surface area contributed by atoms with E-state index in [-0.39, 0.29) is 0 Å². The zero-order valence-corrected chi connectivity index (χ0v) is 11.1. The van der Waals surface area contributed by atoms with E-state index in [1.165, 1.54) is 0 Å². The molecule has 4 nitrogen and oxygen atoms in total. The van der Waals surface area contributed by atoms with Gasteiger partial charge in [0.2, 0.25) is 5.95 Å². The van der Waals surface area contributed by atoms with Crippen LogP contribution < -0.4 is 10.6 Å². The van der Waals surface area contributed by atoms with Crippen molar-refractivity contribution in [2.75, 3.05) is 17.2 Å². The molecule has 0 aliphatic heterocycles. The molecule has 94 valence electrons. The minimum Gasteiger partial charge on any atom is -0.354 e. The molecule has 0 saturated carbocycles. The molecule has 1 aromatic carbocycles. The number of anilines is 3. The first-order valence-corrected chi connectivity index (χ1v) is 6.17. The van der Waals surface area contributed by atoms with Gasteiger partial charge in [-0.2, -0.15) is 4.98 Å². The van der Waals surface area contributed by atoms with Gasteiger partial charge >= 0.3 is 0 Å². The number of benzene rings is 1. The van der Waals surface area contributed by atoms with Gasteiger partial charge in [0.15, 0.2) is 0 Å². The fraction of sp³-hybridized carbons (Fsp3) is 0.231. The van der Waals surface area contributed by atoms with Crippen LogP contribution in [0.3, 0.4) is 0 Å². The maximum absolute atomic E-state index is 5.92. The summed E-state index contributed by atoms with van der Waals surface area (Å²) in [6.45, 7) is 4.80. The summed E-state index contributed by atoms with van der Waals surface area (Å²) in [7, 11) is 0. The van der Waals surface area contributed by atoms with Crippen LogP contribution in [0, 0.1) is 6.92 Å². The summed E-state index contributed by atoms with van der Waals surface area (Å²) < 4.78 is 0. The Kier molecular flexibility index (Phi) is 3.99. The van der Waals surface area contributed by atoms with Crippen LogP contribution in [0.1, 0.15) is 12.5 Å². The molecule has 0 spiro atoms. The second-order valence-electron chi connectivity index (χ2n) is 3.88. The zero-order chi connectivity index (χ0) is 13.0. The van der Waals surface area contributed by atoms with E-state index in [0.29, 0.717) is 5.95 Å². The highest BCUT2D eigenvalue weighted by atomic mass is 35.5. The van der Waals surface area contributed by atoms with Crippen LogP contribution >= 0.6 is 11.6 Å². The normalized spacial score (nSPS) is 10.2. The van der Waals surface area contributed by atoms with Gasteiger partial charge in [0.25, 0.3) is 0 Å². The lowest BCUT2D eigenvalue weighted by Gasteiger charge is -2.10. The SMILES string of the molecule is CCNc1nccc(Nc2ccc(Cl)cc2C)n1. The van der Waals surface area contributed by atoms with E-state index < -0.39 is 0 Å². The molecular weight excluding hydrogens is 248 g/mol. The largest absolute Gasteiger partial charge is 0.354 e. The molecule has 1 aromatic heterocycles. The lowest BCUT2D eigenvalue weighted by atomic mass is 10.2. The fourth-order valence-electron chi connectivity index (χ4n) is 1.58. The fourth-order valence-corrected chi connectivity index (χ4v) is 1.80. The van der Waals surface area contributed by atoms with Gasteiger partial charge in [-0.25, -0.2) is 4.98 Å². The van der Waals surface area contributed by atoms with Gasteiger partial charge in [0, 0.05) is 23.5 Å². The van der Waals surface area contributed by atoms with Gasteiger partial charge in [-0.3, -0.25) is 0 Å².